The van der Waals surface area contributed by atoms with Crippen LogP contribution in [0.25, 0.3) is 0 Å². The first-order valence-corrected chi connectivity index (χ1v) is 7.04. The second kappa shape index (κ2) is 6.37. The molecule has 1 atom stereocenters. The van der Waals surface area contributed by atoms with Crippen molar-refractivity contribution >= 4 is 27.5 Å². The van der Waals surface area contributed by atoms with Gasteiger partial charge in [-0.2, -0.15) is 0 Å². The highest BCUT2D eigenvalue weighted by atomic mass is 79.9. The summed E-state index contributed by atoms with van der Waals surface area (Å²) in [4.78, 5) is 4.17. The van der Waals surface area contributed by atoms with E-state index < -0.39 is 6.10 Å². The average Bonchev–Trinajstić information content (AvgIpc) is 2.43. The van der Waals surface area contributed by atoms with Crippen LogP contribution >= 0.6 is 27.5 Å². The summed E-state index contributed by atoms with van der Waals surface area (Å²) in [7, 11) is 0. The van der Waals surface area contributed by atoms with Crippen LogP contribution in [0, 0.1) is 0 Å². The maximum absolute atomic E-state index is 9.66. The first-order valence-electron chi connectivity index (χ1n) is 5.87. The molecule has 0 saturated carbocycles. The molecular weight excluding hydrogens is 330 g/mol. The molecule has 0 bridgehead atoms. The summed E-state index contributed by atoms with van der Waals surface area (Å²) in [5.41, 5.74) is 0.634. The van der Waals surface area contributed by atoms with Crippen molar-refractivity contribution in [2.45, 2.75) is 19.4 Å². The van der Waals surface area contributed by atoms with Crippen molar-refractivity contribution in [3.63, 3.8) is 0 Å². The van der Waals surface area contributed by atoms with E-state index in [-0.39, 0.29) is 0 Å². The second-order valence-corrected chi connectivity index (χ2v) is 5.34. The third-order valence-corrected chi connectivity index (χ3v) is 3.41. The molecule has 0 aliphatic heterocycles. The fourth-order valence-corrected chi connectivity index (χ4v) is 2.04. The van der Waals surface area contributed by atoms with Gasteiger partial charge in [-0.25, -0.2) is 0 Å². The van der Waals surface area contributed by atoms with Crippen molar-refractivity contribution in [3.05, 3.63) is 51.7 Å². The summed E-state index contributed by atoms with van der Waals surface area (Å²) < 4.78 is 6.54. The van der Waals surface area contributed by atoms with Crippen LogP contribution in [0.4, 0.5) is 0 Å². The Bertz CT molecular complexity index is 560. The minimum Gasteiger partial charge on any atom is -0.454 e. The fraction of sp³-hybridized carbons (Fsp3) is 0.214. The summed E-state index contributed by atoms with van der Waals surface area (Å²) in [6.07, 6.45) is 1.67. The van der Waals surface area contributed by atoms with Gasteiger partial charge in [0, 0.05) is 4.47 Å². The molecule has 5 heteroatoms. The molecule has 1 heterocycles. The second-order valence-electron chi connectivity index (χ2n) is 4.02. The lowest BCUT2D eigenvalue weighted by atomic mass is 10.2. The van der Waals surface area contributed by atoms with Gasteiger partial charge in [0.25, 0.3) is 0 Å². The van der Waals surface area contributed by atoms with E-state index >= 15 is 0 Å². The molecule has 0 amide bonds. The number of ether oxygens (including phenoxy) is 1. The molecule has 2 aromatic rings. The van der Waals surface area contributed by atoms with Crippen LogP contribution in [0.3, 0.4) is 0 Å². The molecule has 1 N–H and O–H groups in total. The molecule has 0 radical (unpaired) electrons. The number of rotatable bonds is 4. The molecule has 0 spiro atoms. The Morgan fingerprint density at radius 2 is 2.16 bits per heavy atom. The highest BCUT2D eigenvalue weighted by Gasteiger charge is 2.08. The SMILES string of the molecule is CC[C@H](O)c1ccc(Oc2cc(Br)ccc2Cl)cn1. The van der Waals surface area contributed by atoms with E-state index in [4.69, 9.17) is 16.3 Å². The lowest BCUT2D eigenvalue weighted by molar-refractivity contribution is 0.169. The van der Waals surface area contributed by atoms with Crippen molar-refractivity contribution < 1.29 is 9.84 Å². The van der Waals surface area contributed by atoms with Crippen LogP contribution in [-0.2, 0) is 0 Å². The summed E-state index contributed by atoms with van der Waals surface area (Å²) >= 11 is 9.41. The Balaban J connectivity index is 2.17. The number of benzene rings is 1. The average molecular weight is 343 g/mol. The summed E-state index contributed by atoms with van der Waals surface area (Å²) in [5.74, 6) is 1.13. The van der Waals surface area contributed by atoms with E-state index in [1.807, 2.05) is 13.0 Å². The molecule has 1 aromatic heterocycles. The number of halogens is 2. The summed E-state index contributed by atoms with van der Waals surface area (Å²) in [6.45, 7) is 1.90. The third kappa shape index (κ3) is 3.69. The number of pyridine rings is 1. The van der Waals surface area contributed by atoms with E-state index in [1.54, 1.807) is 30.5 Å². The monoisotopic (exact) mass is 341 g/mol. The first-order chi connectivity index (χ1) is 9.10. The van der Waals surface area contributed by atoms with Crippen molar-refractivity contribution in [3.8, 4) is 11.5 Å². The third-order valence-electron chi connectivity index (χ3n) is 2.61. The largest absolute Gasteiger partial charge is 0.454 e. The Morgan fingerprint density at radius 3 is 2.79 bits per heavy atom. The molecule has 19 heavy (non-hydrogen) atoms. The first kappa shape index (κ1) is 14.3. The number of aliphatic hydroxyl groups is 1. The summed E-state index contributed by atoms with van der Waals surface area (Å²) in [6, 6.07) is 8.89. The highest BCUT2D eigenvalue weighted by molar-refractivity contribution is 9.10. The van der Waals surface area contributed by atoms with Crippen LogP contribution in [0.15, 0.2) is 41.0 Å². The van der Waals surface area contributed by atoms with Gasteiger partial charge < -0.3 is 9.84 Å². The highest BCUT2D eigenvalue weighted by Crippen LogP contribution is 2.32. The van der Waals surface area contributed by atoms with Crippen LogP contribution in [-0.4, -0.2) is 10.1 Å². The van der Waals surface area contributed by atoms with Crippen molar-refractivity contribution in [1.29, 1.82) is 0 Å². The lowest BCUT2D eigenvalue weighted by Gasteiger charge is -2.10. The minimum atomic E-state index is -0.538. The minimum absolute atomic E-state index is 0.529. The number of hydrogen-bond donors (Lipinski definition) is 1. The lowest BCUT2D eigenvalue weighted by Crippen LogP contribution is -1.98. The molecule has 0 aliphatic carbocycles. The Morgan fingerprint density at radius 1 is 1.37 bits per heavy atom. The van der Waals surface area contributed by atoms with Gasteiger partial charge in [-0.15, -0.1) is 0 Å². The molecular formula is C14H13BrClNO2. The smallest absolute Gasteiger partial charge is 0.147 e. The van der Waals surface area contributed by atoms with Gasteiger partial charge in [-0.3, -0.25) is 4.98 Å². The van der Waals surface area contributed by atoms with E-state index in [9.17, 15) is 5.11 Å². The normalized spacial score (nSPS) is 12.2. The van der Waals surface area contributed by atoms with Crippen LogP contribution in [0.1, 0.15) is 25.1 Å². The maximum Gasteiger partial charge on any atom is 0.147 e. The van der Waals surface area contributed by atoms with E-state index in [0.29, 0.717) is 28.6 Å². The van der Waals surface area contributed by atoms with Gasteiger partial charge in [0.05, 0.1) is 23.0 Å². The Hall–Kier alpha value is -1.10. The van der Waals surface area contributed by atoms with Gasteiger partial charge in [0.2, 0.25) is 0 Å². The van der Waals surface area contributed by atoms with Crippen molar-refractivity contribution in [1.82, 2.24) is 4.98 Å². The molecule has 100 valence electrons. The molecule has 0 fully saturated rings. The van der Waals surface area contributed by atoms with Gasteiger partial charge in [-0.1, -0.05) is 34.5 Å². The van der Waals surface area contributed by atoms with Crippen molar-refractivity contribution in [2.24, 2.45) is 0 Å². The van der Waals surface area contributed by atoms with Crippen LogP contribution < -0.4 is 4.74 Å². The molecule has 0 unspecified atom stereocenters. The zero-order valence-electron chi connectivity index (χ0n) is 10.3. The quantitative estimate of drug-likeness (QED) is 0.873. The van der Waals surface area contributed by atoms with E-state index in [1.165, 1.54) is 0 Å². The van der Waals surface area contributed by atoms with Crippen molar-refractivity contribution in [2.75, 3.05) is 0 Å². The Labute approximate surface area is 125 Å². The Kier molecular flexibility index (Phi) is 4.80. The zero-order valence-corrected chi connectivity index (χ0v) is 12.6. The van der Waals surface area contributed by atoms with Crippen LogP contribution in [0.5, 0.6) is 11.5 Å². The number of aliphatic hydroxyl groups excluding tert-OH is 1. The predicted molar refractivity (Wildman–Crippen MR) is 78.7 cm³/mol. The zero-order chi connectivity index (χ0) is 13.8. The predicted octanol–water partition coefficient (Wildman–Crippen LogP) is 4.73. The number of nitrogens with zero attached hydrogens (tertiary/aromatic N) is 1. The molecule has 0 saturated heterocycles. The van der Waals surface area contributed by atoms with Gasteiger partial charge in [-0.05, 0) is 36.8 Å². The van der Waals surface area contributed by atoms with Gasteiger partial charge in [0.15, 0.2) is 0 Å². The fourth-order valence-electron chi connectivity index (χ4n) is 1.54. The number of hydrogen-bond acceptors (Lipinski definition) is 3. The molecule has 2 rings (SSSR count). The summed E-state index contributed by atoms with van der Waals surface area (Å²) in [5, 5.41) is 10.2. The number of aromatic nitrogens is 1. The van der Waals surface area contributed by atoms with Gasteiger partial charge >= 0.3 is 0 Å². The standard InChI is InChI=1S/C14H13BrClNO2/c1-2-13(18)12-6-4-10(8-17-12)19-14-7-9(15)3-5-11(14)16/h3-8,13,18H,2H2,1H3/t13-/m0/s1. The maximum atomic E-state index is 9.66. The molecule has 0 aliphatic rings. The topological polar surface area (TPSA) is 42.4 Å². The molecule has 3 nitrogen and oxygen atoms in total. The van der Waals surface area contributed by atoms with E-state index in [2.05, 4.69) is 20.9 Å². The van der Waals surface area contributed by atoms with Crippen LogP contribution in [0.2, 0.25) is 5.02 Å². The molecule has 1 aromatic carbocycles. The van der Waals surface area contributed by atoms with E-state index in [0.717, 1.165) is 4.47 Å². The van der Waals surface area contributed by atoms with Gasteiger partial charge in [0.1, 0.15) is 11.5 Å².